The average Bonchev–Trinajstić information content (AvgIpc) is 3.36. The Kier molecular flexibility index (Phi) is 6.32. The predicted molar refractivity (Wildman–Crippen MR) is 103 cm³/mol. The second-order valence-electron chi connectivity index (χ2n) is 5.82. The van der Waals surface area contributed by atoms with E-state index in [1.807, 2.05) is 48.7 Å². The van der Waals surface area contributed by atoms with Gasteiger partial charge in [0.05, 0.1) is 11.4 Å². The first-order chi connectivity index (χ1) is 13.2. The van der Waals surface area contributed by atoms with Crippen LogP contribution in [0.2, 0.25) is 0 Å². The highest BCUT2D eigenvalue weighted by Gasteiger charge is 2.12. The standard InChI is InChI=1S/C19H20N4O3S/c1-2-13-6-3-4-7-14(13)21-17(25)12-20-16(24)9-10-18-22-19(23-26-18)15-8-5-11-27-15/h3-8,11H,2,9-10,12H2,1H3,(H,20,24)(H,21,25). The summed E-state index contributed by atoms with van der Waals surface area (Å²) in [4.78, 5) is 29.2. The third-order valence-electron chi connectivity index (χ3n) is 3.89. The number of hydrogen-bond acceptors (Lipinski definition) is 6. The van der Waals surface area contributed by atoms with Gasteiger partial charge in [0.25, 0.3) is 0 Å². The Morgan fingerprint density at radius 3 is 2.78 bits per heavy atom. The summed E-state index contributed by atoms with van der Waals surface area (Å²) in [5.74, 6) is 0.413. The topological polar surface area (TPSA) is 97.1 Å². The van der Waals surface area contributed by atoms with Gasteiger partial charge in [0.1, 0.15) is 0 Å². The van der Waals surface area contributed by atoms with Crippen molar-refractivity contribution in [2.75, 3.05) is 11.9 Å². The van der Waals surface area contributed by atoms with Crippen LogP contribution in [0.1, 0.15) is 24.8 Å². The lowest BCUT2D eigenvalue weighted by molar-refractivity contribution is -0.124. The molecule has 2 aromatic heterocycles. The molecule has 0 atom stereocenters. The Balaban J connectivity index is 1.42. The molecule has 3 aromatic rings. The highest BCUT2D eigenvalue weighted by atomic mass is 32.1. The van der Waals surface area contributed by atoms with Gasteiger partial charge in [-0.3, -0.25) is 9.59 Å². The maximum atomic E-state index is 12.0. The summed E-state index contributed by atoms with van der Waals surface area (Å²) in [5, 5.41) is 11.3. The maximum Gasteiger partial charge on any atom is 0.243 e. The molecule has 0 aliphatic rings. The SMILES string of the molecule is CCc1ccccc1NC(=O)CNC(=O)CCc1nc(-c2cccs2)no1. The van der Waals surface area contributed by atoms with E-state index in [0.29, 0.717) is 18.1 Å². The Hall–Kier alpha value is -3.00. The third kappa shape index (κ3) is 5.24. The van der Waals surface area contributed by atoms with E-state index in [9.17, 15) is 9.59 Å². The predicted octanol–water partition coefficient (Wildman–Crippen LogP) is 3.05. The molecule has 7 nitrogen and oxygen atoms in total. The molecule has 0 saturated heterocycles. The van der Waals surface area contributed by atoms with Crippen molar-refractivity contribution >= 4 is 28.8 Å². The van der Waals surface area contributed by atoms with Crippen LogP contribution in [-0.2, 0) is 22.4 Å². The molecule has 0 bridgehead atoms. The van der Waals surface area contributed by atoms with Gasteiger partial charge in [0, 0.05) is 18.5 Å². The van der Waals surface area contributed by atoms with Crippen molar-refractivity contribution in [1.82, 2.24) is 15.5 Å². The summed E-state index contributed by atoms with van der Waals surface area (Å²) in [6.45, 7) is 1.94. The van der Waals surface area contributed by atoms with E-state index in [1.54, 1.807) is 0 Å². The molecule has 2 N–H and O–H groups in total. The molecule has 0 aliphatic heterocycles. The highest BCUT2D eigenvalue weighted by Crippen LogP contribution is 2.21. The van der Waals surface area contributed by atoms with Crippen molar-refractivity contribution in [2.45, 2.75) is 26.2 Å². The molecule has 0 spiro atoms. The van der Waals surface area contributed by atoms with Crippen LogP contribution in [-0.4, -0.2) is 28.5 Å². The van der Waals surface area contributed by atoms with Gasteiger partial charge >= 0.3 is 0 Å². The van der Waals surface area contributed by atoms with Crippen molar-refractivity contribution in [2.24, 2.45) is 0 Å². The molecule has 3 rings (SSSR count). The lowest BCUT2D eigenvalue weighted by Crippen LogP contribution is -2.33. The number of rotatable bonds is 8. The van der Waals surface area contributed by atoms with Crippen LogP contribution < -0.4 is 10.6 Å². The number of nitrogens with zero attached hydrogens (tertiary/aromatic N) is 2. The van der Waals surface area contributed by atoms with Crippen molar-refractivity contribution in [3.05, 3.63) is 53.2 Å². The zero-order valence-corrected chi connectivity index (χ0v) is 15.7. The van der Waals surface area contributed by atoms with Gasteiger partial charge in [-0.2, -0.15) is 4.98 Å². The minimum atomic E-state index is -0.262. The van der Waals surface area contributed by atoms with Gasteiger partial charge < -0.3 is 15.2 Å². The van der Waals surface area contributed by atoms with Crippen LogP contribution in [0.25, 0.3) is 10.7 Å². The van der Waals surface area contributed by atoms with E-state index in [4.69, 9.17) is 4.52 Å². The smallest absolute Gasteiger partial charge is 0.243 e. The number of amides is 2. The van der Waals surface area contributed by atoms with Gasteiger partial charge in [0.15, 0.2) is 0 Å². The number of carbonyl (C=O) groups is 2. The lowest BCUT2D eigenvalue weighted by atomic mass is 10.1. The minimum Gasteiger partial charge on any atom is -0.347 e. The molecule has 140 valence electrons. The molecule has 2 heterocycles. The lowest BCUT2D eigenvalue weighted by Gasteiger charge is -2.10. The van der Waals surface area contributed by atoms with Gasteiger partial charge in [-0.05, 0) is 29.5 Å². The quantitative estimate of drug-likeness (QED) is 0.622. The van der Waals surface area contributed by atoms with Crippen LogP contribution >= 0.6 is 11.3 Å². The number of nitrogens with one attached hydrogen (secondary N) is 2. The van der Waals surface area contributed by atoms with Gasteiger partial charge in [-0.1, -0.05) is 36.3 Å². The summed E-state index contributed by atoms with van der Waals surface area (Å²) in [5.41, 5.74) is 1.82. The Morgan fingerprint density at radius 2 is 2.00 bits per heavy atom. The van der Waals surface area contributed by atoms with E-state index in [1.165, 1.54) is 11.3 Å². The Labute approximate surface area is 160 Å². The molecule has 1 aromatic carbocycles. The molecule has 2 amide bonds. The number of benzene rings is 1. The summed E-state index contributed by atoms with van der Waals surface area (Å²) < 4.78 is 5.16. The summed E-state index contributed by atoms with van der Waals surface area (Å²) >= 11 is 1.52. The van der Waals surface area contributed by atoms with Gasteiger partial charge in [-0.25, -0.2) is 0 Å². The van der Waals surface area contributed by atoms with Crippen LogP contribution in [0.5, 0.6) is 0 Å². The number of aromatic nitrogens is 2. The minimum absolute atomic E-state index is 0.0822. The molecule has 0 aliphatic carbocycles. The van der Waals surface area contributed by atoms with Crippen LogP contribution in [0.4, 0.5) is 5.69 Å². The van der Waals surface area contributed by atoms with E-state index in [-0.39, 0.29) is 24.8 Å². The largest absolute Gasteiger partial charge is 0.347 e. The van der Waals surface area contributed by atoms with Crippen LogP contribution in [0, 0.1) is 0 Å². The van der Waals surface area contributed by atoms with Crippen molar-refractivity contribution in [3.63, 3.8) is 0 Å². The molecule has 0 fully saturated rings. The first kappa shape index (κ1) is 18.8. The molecule has 0 saturated carbocycles. The molecular weight excluding hydrogens is 364 g/mol. The molecule has 8 heteroatoms. The molecule has 27 heavy (non-hydrogen) atoms. The monoisotopic (exact) mass is 384 g/mol. The van der Waals surface area contributed by atoms with E-state index in [2.05, 4.69) is 20.8 Å². The number of para-hydroxylation sites is 1. The van der Waals surface area contributed by atoms with Gasteiger partial charge in [0.2, 0.25) is 23.5 Å². The number of carbonyl (C=O) groups excluding carboxylic acids is 2. The highest BCUT2D eigenvalue weighted by molar-refractivity contribution is 7.13. The van der Waals surface area contributed by atoms with Crippen molar-refractivity contribution < 1.29 is 14.1 Å². The van der Waals surface area contributed by atoms with Crippen molar-refractivity contribution in [1.29, 1.82) is 0 Å². The first-order valence-corrected chi connectivity index (χ1v) is 9.54. The molecule has 0 radical (unpaired) electrons. The fourth-order valence-electron chi connectivity index (χ4n) is 2.49. The normalized spacial score (nSPS) is 10.6. The second-order valence-corrected chi connectivity index (χ2v) is 6.77. The zero-order valence-electron chi connectivity index (χ0n) is 14.9. The van der Waals surface area contributed by atoms with Gasteiger partial charge in [-0.15, -0.1) is 11.3 Å². The second kappa shape index (κ2) is 9.09. The van der Waals surface area contributed by atoms with Crippen LogP contribution in [0.3, 0.4) is 0 Å². The number of hydrogen-bond donors (Lipinski definition) is 2. The van der Waals surface area contributed by atoms with E-state index < -0.39 is 0 Å². The zero-order chi connectivity index (χ0) is 19.1. The first-order valence-electron chi connectivity index (χ1n) is 8.66. The molecule has 0 unspecified atom stereocenters. The van der Waals surface area contributed by atoms with Crippen molar-refractivity contribution in [3.8, 4) is 10.7 Å². The Morgan fingerprint density at radius 1 is 1.15 bits per heavy atom. The number of aryl methyl sites for hydroxylation is 2. The third-order valence-corrected chi connectivity index (χ3v) is 4.76. The van der Waals surface area contributed by atoms with E-state index >= 15 is 0 Å². The Bertz CT molecular complexity index is 905. The summed E-state index contributed by atoms with van der Waals surface area (Å²) in [7, 11) is 0. The average molecular weight is 384 g/mol. The number of thiophene rings is 1. The summed E-state index contributed by atoms with van der Waals surface area (Å²) in [6, 6.07) is 11.4. The maximum absolute atomic E-state index is 12.0. The van der Waals surface area contributed by atoms with Crippen LogP contribution in [0.15, 0.2) is 46.3 Å². The summed E-state index contributed by atoms with van der Waals surface area (Å²) in [6.07, 6.45) is 1.32. The fourth-order valence-corrected chi connectivity index (χ4v) is 3.14. The fraction of sp³-hybridized carbons (Fsp3) is 0.263. The number of anilines is 1. The van der Waals surface area contributed by atoms with E-state index in [0.717, 1.165) is 22.5 Å². The molecular formula is C19H20N4O3S.